The smallest absolute Gasteiger partial charge is 0.395 e. The Morgan fingerprint density at radius 2 is 1.89 bits per heavy atom. The predicted octanol–water partition coefficient (Wildman–Crippen LogP) is 1.27. The molecule has 0 atom stereocenters. The fourth-order valence-electron chi connectivity index (χ4n) is 2.63. The lowest BCUT2D eigenvalue weighted by Gasteiger charge is -2.37. The number of hydrogen-bond acceptors (Lipinski definition) is 7. The average molecular weight is 408 g/mol. The van der Waals surface area contributed by atoms with Crippen molar-refractivity contribution in [3.63, 3.8) is 0 Å². The second kappa shape index (κ2) is 7.31. The number of likely N-dealkylation sites (tertiary alicyclic amines) is 1. The van der Waals surface area contributed by atoms with Crippen LogP contribution in [0.5, 0.6) is 0 Å². The minimum absolute atomic E-state index is 0.139. The zero-order chi connectivity index (χ0) is 20.5. The second-order valence-electron chi connectivity index (χ2n) is 6.25. The summed E-state index contributed by atoms with van der Waals surface area (Å²) in [5.41, 5.74) is 0.718. The Balaban J connectivity index is 1.55. The molecule has 2 aromatic rings. The SMILES string of the molecule is CS(=O)(=O)Nc1cccc(NC(=O)C2CN(C(=O)c3ccc([N+](=O)[O-])o3)C2)c1. The zero-order valence-corrected chi connectivity index (χ0v) is 15.4. The number of nitro groups is 1. The number of amides is 2. The van der Waals surface area contributed by atoms with Crippen LogP contribution in [0, 0.1) is 16.0 Å². The number of benzene rings is 1. The normalized spacial score (nSPS) is 14.2. The number of hydrogen-bond donors (Lipinski definition) is 2. The first-order chi connectivity index (χ1) is 13.1. The van der Waals surface area contributed by atoms with Crippen molar-refractivity contribution in [3.05, 3.63) is 52.3 Å². The van der Waals surface area contributed by atoms with Crippen molar-refractivity contribution in [1.82, 2.24) is 4.90 Å². The van der Waals surface area contributed by atoms with Crippen LogP contribution in [0.2, 0.25) is 0 Å². The second-order valence-corrected chi connectivity index (χ2v) is 7.99. The number of nitrogens with zero attached hydrogens (tertiary/aromatic N) is 2. The molecule has 2 heterocycles. The molecular weight excluding hydrogens is 392 g/mol. The van der Waals surface area contributed by atoms with Crippen LogP contribution in [-0.4, -0.2) is 49.4 Å². The van der Waals surface area contributed by atoms with Crippen LogP contribution in [-0.2, 0) is 14.8 Å². The molecule has 0 bridgehead atoms. The molecule has 3 rings (SSSR count). The van der Waals surface area contributed by atoms with Gasteiger partial charge in [0.1, 0.15) is 4.92 Å². The predicted molar refractivity (Wildman–Crippen MR) is 98.3 cm³/mol. The molecule has 1 aliphatic rings. The van der Waals surface area contributed by atoms with E-state index in [0.717, 1.165) is 12.3 Å². The molecule has 12 heteroatoms. The Labute approximate surface area is 159 Å². The van der Waals surface area contributed by atoms with E-state index in [-0.39, 0.29) is 24.8 Å². The van der Waals surface area contributed by atoms with Crippen molar-refractivity contribution >= 4 is 39.1 Å². The van der Waals surface area contributed by atoms with Crippen molar-refractivity contribution < 1.29 is 27.3 Å². The van der Waals surface area contributed by atoms with Gasteiger partial charge in [-0.1, -0.05) is 6.07 Å². The molecule has 11 nitrogen and oxygen atoms in total. The molecule has 0 saturated carbocycles. The zero-order valence-electron chi connectivity index (χ0n) is 14.6. The van der Waals surface area contributed by atoms with Crippen molar-refractivity contribution in [2.75, 3.05) is 29.4 Å². The third-order valence-corrected chi connectivity index (χ3v) is 4.56. The lowest BCUT2D eigenvalue weighted by Crippen LogP contribution is -2.54. The fraction of sp³-hybridized carbons (Fsp3) is 0.250. The third-order valence-electron chi connectivity index (χ3n) is 3.96. The number of rotatable bonds is 6. The van der Waals surface area contributed by atoms with Crippen molar-refractivity contribution in [1.29, 1.82) is 0 Å². The highest BCUT2D eigenvalue weighted by Gasteiger charge is 2.37. The van der Waals surface area contributed by atoms with Crippen LogP contribution in [0.25, 0.3) is 0 Å². The van der Waals surface area contributed by atoms with Gasteiger partial charge in [-0.3, -0.25) is 24.4 Å². The summed E-state index contributed by atoms with van der Waals surface area (Å²) in [6, 6.07) is 8.52. The van der Waals surface area contributed by atoms with Gasteiger partial charge in [0.05, 0.1) is 23.9 Å². The maximum Gasteiger partial charge on any atom is 0.433 e. The maximum atomic E-state index is 12.3. The van der Waals surface area contributed by atoms with Crippen LogP contribution >= 0.6 is 0 Å². The Bertz CT molecular complexity index is 1040. The molecular formula is C16H16N4O7S. The van der Waals surface area contributed by atoms with E-state index in [1.807, 2.05) is 0 Å². The quantitative estimate of drug-likeness (QED) is 0.539. The van der Waals surface area contributed by atoms with Crippen molar-refractivity contribution in [2.45, 2.75) is 0 Å². The van der Waals surface area contributed by atoms with Gasteiger partial charge < -0.3 is 14.6 Å². The van der Waals surface area contributed by atoms with Gasteiger partial charge in [0.2, 0.25) is 15.9 Å². The topological polar surface area (TPSA) is 152 Å². The summed E-state index contributed by atoms with van der Waals surface area (Å²) in [7, 11) is -3.44. The molecule has 28 heavy (non-hydrogen) atoms. The van der Waals surface area contributed by atoms with E-state index < -0.39 is 32.7 Å². The molecule has 0 spiro atoms. The molecule has 1 aromatic heterocycles. The van der Waals surface area contributed by atoms with Crippen LogP contribution in [0.3, 0.4) is 0 Å². The summed E-state index contributed by atoms with van der Waals surface area (Å²) in [4.78, 5) is 35.7. The van der Waals surface area contributed by atoms with E-state index in [1.165, 1.54) is 17.0 Å². The van der Waals surface area contributed by atoms with Crippen molar-refractivity contribution in [2.24, 2.45) is 5.92 Å². The number of carbonyl (C=O) groups is 2. The molecule has 0 unspecified atom stereocenters. The van der Waals surface area contributed by atoms with E-state index in [2.05, 4.69) is 10.0 Å². The molecule has 148 valence electrons. The molecule has 2 N–H and O–H groups in total. The summed E-state index contributed by atoms with van der Waals surface area (Å²) in [5.74, 6) is -2.01. The summed E-state index contributed by atoms with van der Waals surface area (Å²) < 4.78 is 29.7. The number of carbonyl (C=O) groups excluding carboxylic acids is 2. The van der Waals surface area contributed by atoms with E-state index in [1.54, 1.807) is 18.2 Å². The highest BCUT2D eigenvalue weighted by atomic mass is 32.2. The van der Waals surface area contributed by atoms with Crippen LogP contribution in [0.1, 0.15) is 10.6 Å². The Kier molecular flexibility index (Phi) is 5.05. The Morgan fingerprint density at radius 1 is 1.21 bits per heavy atom. The number of anilines is 2. The third kappa shape index (κ3) is 4.46. The summed E-state index contributed by atoms with van der Waals surface area (Å²) in [6.45, 7) is 0.279. The minimum atomic E-state index is -3.44. The first-order valence-corrected chi connectivity index (χ1v) is 9.94. The number of nitrogens with one attached hydrogen (secondary N) is 2. The van der Waals surface area contributed by atoms with Gasteiger partial charge in [0, 0.05) is 18.8 Å². The van der Waals surface area contributed by atoms with Gasteiger partial charge in [-0.2, -0.15) is 0 Å². The van der Waals surface area contributed by atoms with Crippen LogP contribution in [0.4, 0.5) is 17.3 Å². The molecule has 1 aromatic carbocycles. The Hall–Kier alpha value is -3.41. The fourth-order valence-corrected chi connectivity index (χ4v) is 3.18. The molecule has 1 fully saturated rings. The first kappa shape index (κ1) is 19.4. The van der Waals surface area contributed by atoms with Gasteiger partial charge in [-0.05, 0) is 24.3 Å². The van der Waals surface area contributed by atoms with E-state index in [9.17, 15) is 28.1 Å². The summed E-state index contributed by atoms with van der Waals surface area (Å²) >= 11 is 0. The van der Waals surface area contributed by atoms with Crippen LogP contribution in [0.15, 0.2) is 40.8 Å². The summed E-state index contributed by atoms with van der Waals surface area (Å²) in [6.07, 6.45) is 1.02. The largest absolute Gasteiger partial charge is 0.433 e. The Morgan fingerprint density at radius 3 is 2.50 bits per heavy atom. The highest BCUT2D eigenvalue weighted by Crippen LogP contribution is 2.24. The van der Waals surface area contributed by atoms with Crippen LogP contribution < -0.4 is 10.0 Å². The lowest BCUT2D eigenvalue weighted by atomic mass is 9.98. The van der Waals surface area contributed by atoms with E-state index in [0.29, 0.717) is 11.4 Å². The highest BCUT2D eigenvalue weighted by molar-refractivity contribution is 7.92. The molecule has 2 amide bonds. The number of furan rings is 1. The standard InChI is InChI=1S/C16H16N4O7S/c1-28(25,26)18-12-4-2-3-11(7-12)17-15(21)10-8-19(9-10)16(22)13-5-6-14(27-13)20(23)24/h2-7,10,18H,8-9H2,1H3,(H,17,21). The maximum absolute atomic E-state index is 12.3. The van der Waals surface area contributed by atoms with Gasteiger partial charge in [0.25, 0.3) is 5.91 Å². The molecule has 0 aliphatic carbocycles. The summed E-state index contributed by atoms with van der Waals surface area (Å²) in [5, 5.41) is 13.3. The van der Waals surface area contributed by atoms with Gasteiger partial charge in [-0.25, -0.2) is 8.42 Å². The lowest BCUT2D eigenvalue weighted by molar-refractivity contribution is -0.402. The molecule has 0 radical (unpaired) electrons. The van der Waals surface area contributed by atoms with E-state index in [4.69, 9.17) is 4.42 Å². The van der Waals surface area contributed by atoms with Crippen molar-refractivity contribution in [3.8, 4) is 0 Å². The molecule has 1 saturated heterocycles. The first-order valence-electron chi connectivity index (χ1n) is 8.04. The van der Waals surface area contributed by atoms with Gasteiger partial charge >= 0.3 is 5.88 Å². The molecule has 1 aliphatic heterocycles. The van der Waals surface area contributed by atoms with Gasteiger partial charge in [-0.15, -0.1) is 0 Å². The number of sulfonamides is 1. The minimum Gasteiger partial charge on any atom is -0.395 e. The monoisotopic (exact) mass is 408 g/mol. The van der Waals surface area contributed by atoms with E-state index >= 15 is 0 Å². The van der Waals surface area contributed by atoms with Gasteiger partial charge in [0.15, 0.2) is 5.76 Å². The average Bonchev–Trinajstić information content (AvgIpc) is 3.02.